The first-order valence-corrected chi connectivity index (χ1v) is 6.88. The molecule has 0 amide bonds. The summed E-state index contributed by atoms with van der Waals surface area (Å²) in [7, 11) is -3.93. The zero-order valence-electron chi connectivity index (χ0n) is 9.71. The quantitative estimate of drug-likeness (QED) is 0.463. The Kier molecular flexibility index (Phi) is 7.24. The van der Waals surface area contributed by atoms with Gasteiger partial charge in [0, 0.05) is 17.6 Å². The molecule has 1 aromatic rings. The number of nitrogens with two attached hydrogens (primary N) is 1. The van der Waals surface area contributed by atoms with Gasteiger partial charge in [-0.2, -0.15) is 0 Å². The lowest BCUT2D eigenvalue weighted by atomic mass is 10.3. The van der Waals surface area contributed by atoms with Gasteiger partial charge in [-0.25, -0.2) is 13.1 Å². The number of nitro benzene ring substituents is 1. The van der Waals surface area contributed by atoms with Crippen molar-refractivity contribution in [2.24, 2.45) is 5.73 Å². The summed E-state index contributed by atoms with van der Waals surface area (Å²) in [5.74, 6) is 0. The van der Waals surface area contributed by atoms with Crippen molar-refractivity contribution >= 4 is 39.7 Å². The molecular formula is C9H13Cl2N3O4S. The predicted octanol–water partition coefficient (Wildman–Crippen LogP) is 1.30. The standard InChI is InChI=1S/C9H12ClN3O4S.ClH/c10-7-2-3-9(8(6-7)13(14)15)18(16,17)12-5-1-4-11;/h2-3,6,12H,1,4-5,11H2;1H. The Balaban J connectivity index is 0.00000324. The molecule has 0 saturated carbocycles. The van der Waals surface area contributed by atoms with Crippen LogP contribution in [0.15, 0.2) is 23.1 Å². The zero-order chi connectivity index (χ0) is 13.8. The molecule has 0 saturated heterocycles. The molecule has 0 aliphatic heterocycles. The van der Waals surface area contributed by atoms with Crippen LogP contribution >= 0.6 is 24.0 Å². The molecule has 0 heterocycles. The fourth-order valence-corrected chi connectivity index (χ4v) is 2.64. The van der Waals surface area contributed by atoms with Crippen molar-refractivity contribution < 1.29 is 13.3 Å². The van der Waals surface area contributed by atoms with Gasteiger partial charge >= 0.3 is 0 Å². The SMILES string of the molecule is Cl.NCCCNS(=O)(=O)c1ccc(Cl)cc1[N+](=O)[O-]. The lowest BCUT2D eigenvalue weighted by Gasteiger charge is -2.06. The molecule has 1 aromatic carbocycles. The molecule has 108 valence electrons. The molecule has 0 aliphatic rings. The predicted molar refractivity (Wildman–Crippen MR) is 74.2 cm³/mol. The van der Waals surface area contributed by atoms with Crippen LogP contribution in [0.25, 0.3) is 0 Å². The van der Waals surface area contributed by atoms with Crippen molar-refractivity contribution in [3.63, 3.8) is 0 Å². The summed E-state index contributed by atoms with van der Waals surface area (Å²) >= 11 is 5.60. The molecule has 3 N–H and O–H groups in total. The van der Waals surface area contributed by atoms with Crippen LogP contribution in [0.2, 0.25) is 5.02 Å². The molecule has 0 aliphatic carbocycles. The number of hydrogen-bond acceptors (Lipinski definition) is 5. The first-order valence-electron chi connectivity index (χ1n) is 5.02. The largest absolute Gasteiger partial charge is 0.330 e. The third kappa shape index (κ3) is 4.92. The molecule has 7 nitrogen and oxygen atoms in total. The van der Waals surface area contributed by atoms with Gasteiger partial charge in [-0.1, -0.05) is 11.6 Å². The van der Waals surface area contributed by atoms with E-state index in [1.54, 1.807) is 0 Å². The smallest absolute Gasteiger partial charge is 0.290 e. The number of rotatable bonds is 6. The fraction of sp³-hybridized carbons (Fsp3) is 0.333. The molecule has 0 fully saturated rings. The molecule has 0 spiro atoms. The summed E-state index contributed by atoms with van der Waals surface area (Å²) in [5, 5.41) is 10.9. The zero-order valence-corrected chi connectivity index (χ0v) is 12.1. The Hall–Kier alpha value is -0.930. The van der Waals surface area contributed by atoms with Crippen molar-refractivity contribution in [1.29, 1.82) is 0 Å². The van der Waals surface area contributed by atoms with E-state index in [1.807, 2.05) is 0 Å². The normalized spacial score (nSPS) is 10.8. The molecule has 0 aromatic heterocycles. The Morgan fingerprint density at radius 2 is 2.05 bits per heavy atom. The highest BCUT2D eigenvalue weighted by molar-refractivity contribution is 7.89. The lowest BCUT2D eigenvalue weighted by molar-refractivity contribution is -0.387. The summed E-state index contributed by atoms with van der Waals surface area (Å²) < 4.78 is 25.9. The Morgan fingerprint density at radius 3 is 2.58 bits per heavy atom. The maximum Gasteiger partial charge on any atom is 0.290 e. The van der Waals surface area contributed by atoms with Gasteiger partial charge in [0.25, 0.3) is 5.69 Å². The second-order valence-electron chi connectivity index (χ2n) is 3.41. The highest BCUT2D eigenvalue weighted by atomic mass is 35.5. The van der Waals surface area contributed by atoms with E-state index in [0.29, 0.717) is 13.0 Å². The van der Waals surface area contributed by atoms with Gasteiger partial charge in [0.05, 0.1) is 4.92 Å². The van der Waals surface area contributed by atoms with Crippen LogP contribution in [0.1, 0.15) is 6.42 Å². The van der Waals surface area contributed by atoms with Crippen molar-refractivity contribution in [3.8, 4) is 0 Å². The van der Waals surface area contributed by atoms with E-state index >= 15 is 0 Å². The van der Waals surface area contributed by atoms with Gasteiger partial charge in [0.1, 0.15) is 0 Å². The minimum Gasteiger partial charge on any atom is -0.330 e. The molecule has 19 heavy (non-hydrogen) atoms. The highest BCUT2D eigenvalue weighted by Crippen LogP contribution is 2.26. The van der Waals surface area contributed by atoms with Gasteiger partial charge < -0.3 is 5.73 Å². The van der Waals surface area contributed by atoms with Crippen molar-refractivity contribution in [3.05, 3.63) is 33.3 Å². The molecule has 0 atom stereocenters. The first kappa shape index (κ1) is 18.1. The van der Waals surface area contributed by atoms with E-state index in [9.17, 15) is 18.5 Å². The van der Waals surface area contributed by atoms with Crippen molar-refractivity contribution in [1.82, 2.24) is 4.72 Å². The number of nitrogens with one attached hydrogen (secondary N) is 1. The van der Waals surface area contributed by atoms with Gasteiger partial charge in [-0.3, -0.25) is 10.1 Å². The van der Waals surface area contributed by atoms with Crippen LogP contribution in [-0.4, -0.2) is 26.4 Å². The van der Waals surface area contributed by atoms with E-state index in [-0.39, 0.29) is 24.0 Å². The molecule has 0 radical (unpaired) electrons. The molecule has 0 unspecified atom stereocenters. The Bertz CT molecular complexity index is 550. The van der Waals surface area contributed by atoms with Gasteiger partial charge in [0.15, 0.2) is 4.90 Å². The maximum atomic E-state index is 11.8. The van der Waals surface area contributed by atoms with Crippen molar-refractivity contribution in [2.75, 3.05) is 13.1 Å². The summed E-state index contributed by atoms with van der Waals surface area (Å²) in [6.07, 6.45) is 0.445. The fourth-order valence-electron chi connectivity index (χ4n) is 1.25. The first-order chi connectivity index (χ1) is 8.38. The third-order valence-electron chi connectivity index (χ3n) is 2.08. The Morgan fingerprint density at radius 1 is 1.42 bits per heavy atom. The average Bonchev–Trinajstić information content (AvgIpc) is 2.28. The minimum atomic E-state index is -3.93. The van der Waals surface area contributed by atoms with E-state index in [2.05, 4.69) is 4.72 Å². The van der Waals surface area contributed by atoms with Gasteiger partial charge in [-0.05, 0) is 25.1 Å². The van der Waals surface area contributed by atoms with Gasteiger partial charge in [0.2, 0.25) is 10.0 Å². The van der Waals surface area contributed by atoms with Crippen LogP contribution in [-0.2, 0) is 10.0 Å². The minimum absolute atomic E-state index is 0. The highest BCUT2D eigenvalue weighted by Gasteiger charge is 2.25. The van der Waals surface area contributed by atoms with E-state index in [4.69, 9.17) is 17.3 Å². The summed E-state index contributed by atoms with van der Waals surface area (Å²) in [6.45, 7) is 0.448. The lowest BCUT2D eigenvalue weighted by Crippen LogP contribution is -2.26. The van der Waals surface area contributed by atoms with Crippen molar-refractivity contribution in [2.45, 2.75) is 11.3 Å². The average molecular weight is 330 g/mol. The monoisotopic (exact) mass is 329 g/mol. The topological polar surface area (TPSA) is 115 Å². The number of benzene rings is 1. The maximum absolute atomic E-state index is 11.8. The second-order valence-corrected chi connectivity index (χ2v) is 5.58. The van der Waals surface area contributed by atoms with Crippen LogP contribution in [0.5, 0.6) is 0 Å². The second kappa shape index (κ2) is 7.61. The molecule has 1 rings (SSSR count). The van der Waals surface area contributed by atoms with Crippen LogP contribution < -0.4 is 10.5 Å². The van der Waals surface area contributed by atoms with Crippen LogP contribution in [0.3, 0.4) is 0 Å². The summed E-state index contributed by atoms with van der Waals surface area (Å²) in [5.41, 5.74) is 4.68. The summed E-state index contributed by atoms with van der Waals surface area (Å²) in [4.78, 5) is 9.59. The van der Waals surface area contributed by atoms with E-state index in [0.717, 1.165) is 12.1 Å². The van der Waals surface area contributed by atoms with Gasteiger partial charge in [-0.15, -0.1) is 12.4 Å². The third-order valence-corrected chi connectivity index (χ3v) is 3.82. The van der Waals surface area contributed by atoms with E-state index in [1.165, 1.54) is 6.07 Å². The number of halogens is 2. The Labute approximate surface area is 121 Å². The molecule has 0 bridgehead atoms. The van der Waals surface area contributed by atoms with Crippen LogP contribution in [0, 0.1) is 10.1 Å². The molecular weight excluding hydrogens is 317 g/mol. The van der Waals surface area contributed by atoms with E-state index < -0.39 is 25.5 Å². The number of hydrogen-bond donors (Lipinski definition) is 2. The van der Waals surface area contributed by atoms with Crippen LogP contribution in [0.4, 0.5) is 5.69 Å². The summed E-state index contributed by atoms with van der Waals surface area (Å²) in [6, 6.07) is 3.39. The number of nitrogens with zero attached hydrogens (tertiary/aromatic N) is 1. The molecule has 10 heteroatoms. The number of sulfonamides is 1. The number of nitro groups is 1.